The second kappa shape index (κ2) is 6.16. The molecule has 1 atom stereocenters. The summed E-state index contributed by atoms with van der Waals surface area (Å²) in [4.78, 5) is 2.22. The summed E-state index contributed by atoms with van der Waals surface area (Å²) in [5.41, 5.74) is 9.58. The van der Waals surface area contributed by atoms with Gasteiger partial charge in [-0.05, 0) is 23.3 Å². The number of rotatable bonds is 3. The van der Waals surface area contributed by atoms with Gasteiger partial charge in [-0.25, -0.2) is 0 Å². The summed E-state index contributed by atoms with van der Waals surface area (Å²) in [7, 11) is 0. The summed E-state index contributed by atoms with van der Waals surface area (Å²) in [6.07, 6.45) is -0.646. The lowest BCUT2D eigenvalue weighted by Gasteiger charge is -2.30. The van der Waals surface area contributed by atoms with Crippen LogP contribution in [-0.4, -0.2) is 31.4 Å². The molecule has 1 heterocycles. The molecule has 1 aliphatic heterocycles. The number of anilines is 2. The van der Waals surface area contributed by atoms with Crippen molar-refractivity contribution in [3.8, 4) is 0 Å². The van der Waals surface area contributed by atoms with Gasteiger partial charge in [-0.3, -0.25) is 0 Å². The summed E-state index contributed by atoms with van der Waals surface area (Å²) in [5, 5.41) is 10.4. The van der Waals surface area contributed by atoms with Crippen molar-refractivity contribution in [3.63, 3.8) is 0 Å². The average molecular weight is 284 g/mol. The van der Waals surface area contributed by atoms with Gasteiger partial charge in [0.1, 0.15) is 6.10 Å². The van der Waals surface area contributed by atoms with E-state index in [2.05, 4.69) is 4.90 Å². The third kappa shape index (κ3) is 3.01. The third-order valence-electron chi connectivity index (χ3n) is 3.83. The highest BCUT2D eigenvalue weighted by Crippen LogP contribution is 2.30. The Morgan fingerprint density at radius 1 is 1.00 bits per heavy atom. The van der Waals surface area contributed by atoms with Crippen LogP contribution in [0, 0.1) is 0 Å². The number of benzene rings is 2. The lowest BCUT2D eigenvalue weighted by molar-refractivity contribution is 0.123. The van der Waals surface area contributed by atoms with Gasteiger partial charge < -0.3 is 20.5 Å². The molecule has 0 aliphatic carbocycles. The average Bonchev–Trinajstić information content (AvgIpc) is 2.55. The first kappa shape index (κ1) is 13.9. The van der Waals surface area contributed by atoms with Crippen molar-refractivity contribution in [1.82, 2.24) is 0 Å². The second-order valence-electron chi connectivity index (χ2n) is 5.23. The number of nitrogens with zero attached hydrogens (tertiary/aromatic N) is 1. The van der Waals surface area contributed by atoms with Gasteiger partial charge in [0.05, 0.1) is 24.6 Å². The van der Waals surface area contributed by atoms with Crippen molar-refractivity contribution in [2.75, 3.05) is 36.9 Å². The van der Waals surface area contributed by atoms with Crippen LogP contribution in [0.15, 0.2) is 48.5 Å². The number of hydrogen-bond donors (Lipinski definition) is 2. The predicted molar refractivity (Wildman–Crippen MR) is 84.4 cm³/mol. The van der Waals surface area contributed by atoms with Gasteiger partial charge in [0.15, 0.2) is 0 Å². The van der Waals surface area contributed by atoms with E-state index in [9.17, 15) is 5.11 Å². The van der Waals surface area contributed by atoms with Crippen LogP contribution in [0.1, 0.15) is 17.2 Å². The fourth-order valence-electron chi connectivity index (χ4n) is 2.66. The van der Waals surface area contributed by atoms with Crippen molar-refractivity contribution in [2.24, 2.45) is 0 Å². The number of morpholine rings is 1. The molecule has 2 aromatic carbocycles. The van der Waals surface area contributed by atoms with Gasteiger partial charge in [0.2, 0.25) is 0 Å². The smallest absolute Gasteiger partial charge is 0.104 e. The first-order valence-electron chi connectivity index (χ1n) is 7.21. The summed E-state index contributed by atoms with van der Waals surface area (Å²) in [6, 6.07) is 15.4. The Bertz CT molecular complexity index is 595. The molecule has 0 bridgehead atoms. The second-order valence-corrected chi connectivity index (χ2v) is 5.23. The minimum absolute atomic E-state index is 0.646. The molecule has 3 N–H and O–H groups in total. The zero-order valence-corrected chi connectivity index (χ0v) is 11.9. The Morgan fingerprint density at radius 3 is 2.38 bits per heavy atom. The number of aliphatic hydroxyl groups is 1. The molecule has 21 heavy (non-hydrogen) atoms. The molecule has 1 aliphatic rings. The minimum Gasteiger partial charge on any atom is -0.397 e. The monoisotopic (exact) mass is 284 g/mol. The van der Waals surface area contributed by atoms with Crippen LogP contribution in [0.2, 0.25) is 0 Å². The lowest BCUT2D eigenvalue weighted by Crippen LogP contribution is -2.36. The quantitative estimate of drug-likeness (QED) is 0.848. The molecule has 0 spiro atoms. The highest BCUT2D eigenvalue weighted by molar-refractivity contribution is 5.69. The maximum atomic E-state index is 10.4. The first-order chi connectivity index (χ1) is 10.3. The molecule has 1 fully saturated rings. The standard InChI is InChI=1S/C17H20N2O2/c18-15-12-14(17(20)13-4-2-1-3-5-13)6-7-16(15)19-8-10-21-11-9-19/h1-7,12,17,20H,8-11,18H2/t17-/m0/s1. The number of nitrogens with two attached hydrogens (primary N) is 1. The van der Waals surface area contributed by atoms with Crippen LogP contribution in [0.3, 0.4) is 0 Å². The minimum atomic E-state index is -0.646. The molecule has 110 valence electrons. The molecule has 4 heteroatoms. The van der Waals surface area contributed by atoms with Crippen LogP contribution in [0.5, 0.6) is 0 Å². The van der Waals surface area contributed by atoms with Crippen molar-refractivity contribution in [3.05, 3.63) is 59.7 Å². The van der Waals surface area contributed by atoms with Crippen LogP contribution < -0.4 is 10.6 Å². The molecule has 0 radical (unpaired) electrons. The van der Waals surface area contributed by atoms with Gasteiger partial charge in [0, 0.05) is 13.1 Å². The largest absolute Gasteiger partial charge is 0.397 e. The molecule has 4 nitrogen and oxygen atoms in total. The molecular formula is C17H20N2O2. The summed E-state index contributed by atoms with van der Waals surface area (Å²) < 4.78 is 5.36. The topological polar surface area (TPSA) is 58.7 Å². The Morgan fingerprint density at radius 2 is 1.71 bits per heavy atom. The van der Waals surface area contributed by atoms with E-state index in [1.807, 2.05) is 48.5 Å². The van der Waals surface area contributed by atoms with E-state index < -0.39 is 6.10 Å². The maximum Gasteiger partial charge on any atom is 0.104 e. The summed E-state index contributed by atoms with van der Waals surface area (Å²) in [5.74, 6) is 0. The van der Waals surface area contributed by atoms with Crippen molar-refractivity contribution in [1.29, 1.82) is 0 Å². The van der Waals surface area contributed by atoms with E-state index in [1.165, 1.54) is 0 Å². The predicted octanol–water partition coefficient (Wildman–Crippen LogP) is 2.19. The van der Waals surface area contributed by atoms with Gasteiger partial charge in [0.25, 0.3) is 0 Å². The normalized spacial score (nSPS) is 16.7. The van der Waals surface area contributed by atoms with Crippen LogP contribution in [0.4, 0.5) is 11.4 Å². The molecule has 1 saturated heterocycles. The molecule has 0 amide bonds. The van der Waals surface area contributed by atoms with Crippen molar-refractivity contribution in [2.45, 2.75) is 6.10 Å². The Balaban J connectivity index is 1.83. The Kier molecular flexibility index (Phi) is 4.08. The molecule has 0 saturated carbocycles. The van der Waals surface area contributed by atoms with Crippen molar-refractivity contribution >= 4 is 11.4 Å². The third-order valence-corrected chi connectivity index (χ3v) is 3.83. The van der Waals surface area contributed by atoms with Crippen LogP contribution >= 0.6 is 0 Å². The molecule has 2 aromatic rings. The molecule has 0 unspecified atom stereocenters. The molecule has 0 aromatic heterocycles. The van der Waals surface area contributed by atoms with E-state index in [0.717, 1.165) is 43.1 Å². The van der Waals surface area contributed by atoms with Crippen LogP contribution in [-0.2, 0) is 4.74 Å². The van der Waals surface area contributed by atoms with Gasteiger partial charge in [-0.2, -0.15) is 0 Å². The molecular weight excluding hydrogens is 264 g/mol. The fraction of sp³-hybridized carbons (Fsp3) is 0.294. The number of hydrogen-bond acceptors (Lipinski definition) is 4. The zero-order valence-electron chi connectivity index (χ0n) is 11.9. The zero-order chi connectivity index (χ0) is 14.7. The number of ether oxygens (including phenoxy) is 1. The fourth-order valence-corrected chi connectivity index (χ4v) is 2.66. The van der Waals surface area contributed by atoms with Crippen molar-refractivity contribution < 1.29 is 9.84 Å². The number of aliphatic hydroxyl groups excluding tert-OH is 1. The van der Waals surface area contributed by atoms with E-state index in [-0.39, 0.29) is 0 Å². The van der Waals surface area contributed by atoms with Gasteiger partial charge in [-0.1, -0.05) is 36.4 Å². The lowest BCUT2D eigenvalue weighted by atomic mass is 10.0. The van der Waals surface area contributed by atoms with Gasteiger partial charge in [-0.15, -0.1) is 0 Å². The van der Waals surface area contributed by atoms with E-state index in [0.29, 0.717) is 5.69 Å². The van der Waals surface area contributed by atoms with Gasteiger partial charge >= 0.3 is 0 Å². The number of nitrogen functional groups attached to an aromatic ring is 1. The Labute approximate surface area is 124 Å². The van der Waals surface area contributed by atoms with E-state index in [4.69, 9.17) is 10.5 Å². The van der Waals surface area contributed by atoms with E-state index in [1.54, 1.807) is 0 Å². The Hall–Kier alpha value is -2.04. The maximum absolute atomic E-state index is 10.4. The summed E-state index contributed by atoms with van der Waals surface area (Å²) in [6.45, 7) is 3.16. The summed E-state index contributed by atoms with van der Waals surface area (Å²) >= 11 is 0. The highest BCUT2D eigenvalue weighted by atomic mass is 16.5. The molecule has 3 rings (SSSR count). The SMILES string of the molecule is Nc1cc([C@@H](O)c2ccccc2)ccc1N1CCOCC1. The van der Waals surface area contributed by atoms with E-state index >= 15 is 0 Å². The highest BCUT2D eigenvalue weighted by Gasteiger charge is 2.16. The first-order valence-corrected chi connectivity index (χ1v) is 7.21. The van der Waals surface area contributed by atoms with Crippen LogP contribution in [0.25, 0.3) is 0 Å².